The maximum absolute atomic E-state index is 12.5. The summed E-state index contributed by atoms with van der Waals surface area (Å²) in [5.41, 5.74) is 0. The fourth-order valence-electron chi connectivity index (χ4n) is 4.92. The Kier molecular flexibility index (Phi) is 4.36. The highest BCUT2D eigenvalue weighted by Gasteiger charge is 2.43. The van der Waals surface area contributed by atoms with E-state index in [4.69, 9.17) is 0 Å². The molecule has 2 aliphatic carbocycles. The topological polar surface area (TPSA) is 78.4 Å². The van der Waals surface area contributed by atoms with E-state index >= 15 is 0 Å². The Morgan fingerprint density at radius 2 is 1.96 bits per heavy atom. The smallest absolute Gasteiger partial charge is 0.224 e. The minimum Gasteiger partial charge on any atom is -0.391 e. The molecular weight excluding hydrogens is 360 g/mol. The van der Waals surface area contributed by atoms with Crippen molar-refractivity contribution < 1.29 is 9.90 Å². The van der Waals surface area contributed by atoms with Gasteiger partial charge in [0.2, 0.25) is 5.91 Å². The molecular formula is C20H24N4O2S. The number of anilines is 1. The van der Waals surface area contributed by atoms with Gasteiger partial charge in [-0.1, -0.05) is 12.2 Å². The van der Waals surface area contributed by atoms with Gasteiger partial charge in [0.1, 0.15) is 17.0 Å². The fraction of sp³-hybridized carbons (Fsp3) is 0.550. The zero-order chi connectivity index (χ0) is 18.4. The van der Waals surface area contributed by atoms with E-state index in [0.717, 1.165) is 54.8 Å². The van der Waals surface area contributed by atoms with Crippen molar-refractivity contribution in [2.75, 3.05) is 18.0 Å². The Morgan fingerprint density at radius 3 is 2.78 bits per heavy atom. The largest absolute Gasteiger partial charge is 0.391 e. The predicted octanol–water partition coefficient (Wildman–Crippen LogP) is 2.35. The van der Waals surface area contributed by atoms with Gasteiger partial charge >= 0.3 is 0 Å². The van der Waals surface area contributed by atoms with Gasteiger partial charge in [-0.15, -0.1) is 11.3 Å². The minimum atomic E-state index is -0.462. The number of nitrogens with one attached hydrogen (secondary N) is 1. The summed E-state index contributed by atoms with van der Waals surface area (Å²) in [7, 11) is 0. The molecule has 2 fully saturated rings. The summed E-state index contributed by atoms with van der Waals surface area (Å²) in [5.74, 6) is 2.06. The van der Waals surface area contributed by atoms with Crippen LogP contribution in [0.2, 0.25) is 0 Å². The van der Waals surface area contributed by atoms with Gasteiger partial charge in [0.05, 0.1) is 17.5 Å². The summed E-state index contributed by atoms with van der Waals surface area (Å²) in [6.45, 7) is 1.84. The number of carbonyl (C=O) groups excluding carboxylic acids is 1. The predicted molar refractivity (Wildman–Crippen MR) is 106 cm³/mol. The first-order chi connectivity index (χ1) is 13.2. The summed E-state index contributed by atoms with van der Waals surface area (Å²) >= 11 is 1.63. The minimum absolute atomic E-state index is 0.0443. The van der Waals surface area contributed by atoms with Crippen LogP contribution >= 0.6 is 11.3 Å². The summed E-state index contributed by atoms with van der Waals surface area (Å²) in [5, 5.41) is 16.9. The van der Waals surface area contributed by atoms with Gasteiger partial charge in [-0.05, 0) is 49.0 Å². The first-order valence-corrected chi connectivity index (χ1v) is 10.6. The van der Waals surface area contributed by atoms with Gasteiger partial charge in [0.25, 0.3) is 0 Å². The third-order valence-electron chi connectivity index (χ3n) is 6.39. The lowest BCUT2D eigenvalue weighted by molar-refractivity contribution is -0.127. The second-order valence-electron chi connectivity index (χ2n) is 8.06. The van der Waals surface area contributed by atoms with Crippen LogP contribution in [0.25, 0.3) is 10.2 Å². The maximum Gasteiger partial charge on any atom is 0.224 e. The third kappa shape index (κ3) is 3.12. The monoisotopic (exact) mass is 384 g/mol. The molecule has 1 saturated carbocycles. The molecule has 0 unspecified atom stereocenters. The van der Waals surface area contributed by atoms with Crippen molar-refractivity contribution in [1.29, 1.82) is 0 Å². The van der Waals surface area contributed by atoms with Crippen molar-refractivity contribution in [3.63, 3.8) is 0 Å². The van der Waals surface area contributed by atoms with Crippen LogP contribution in [-0.4, -0.2) is 46.2 Å². The van der Waals surface area contributed by atoms with Crippen molar-refractivity contribution in [2.45, 2.75) is 37.8 Å². The summed E-state index contributed by atoms with van der Waals surface area (Å²) in [6.07, 6.45) is 8.54. The first-order valence-electron chi connectivity index (χ1n) is 9.75. The van der Waals surface area contributed by atoms with Gasteiger partial charge in [0.15, 0.2) is 0 Å². The lowest BCUT2D eigenvalue weighted by Crippen LogP contribution is -2.50. The molecule has 2 aromatic heterocycles. The highest BCUT2D eigenvalue weighted by atomic mass is 32.1. The highest BCUT2D eigenvalue weighted by Crippen LogP contribution is 2.40. The van der Waals surface area contributed by atoms with Crippen LogP contribution in [-0.2, 0) is 4.79 Å². The van der Waals surface area contributed by atoms with Crippen LogP contribution in [0.5, 0.6) is 0 Å². The average Bonchev–Trinajstić information content (AvgIpc) is 3.41. The number of aliphatic hydroxyl groups excluding tert-OH is 1. The summed E-state index contributed by atoms with van der Waals surface area (Å²) in [6, 6.07) is 1.95. The van der Waals surface area contributed by atoms with Crippen LogP contribution in [0, 0.1) is 17.8 Å². The Morgan fingerprint density at radius 1 is 1.19 bits per heavy atom. The number of nitrogens with zero attached hydrogens (tertiary/aromatic N) is 3. The number of aliphatic hydroxyl groups is 1. The number of allylic oxidation sites excluding steroid dienone is 2. The van der Waals surface area contributed by atoms with Gasteiger partial charge < -0.3 is 15.3 Å². The van der Waals surface area contributed by atoms with E-state index in [1.807, 2.05) is 0 Å². The molecule has 0 radical (unpaired) electrons. The number of aromatic nitrogens is 2. The SMILES string of the molecule is O=C(N[C@H]1C[C@H]2CN(c3ncnc4sccc34)C[C@H]2C[C@@H]1O)C1CC=CC1. The molecule has 5 rings (SSSR count). The van der Waals surface area contributed by atoms with Crippen LogP contribution in [0.3, 0.4) is 0 Å². The van der Waals surface area contributed by atoms with Gasteiger partial charge in [-0.2, -0.15) is 0 Å². The number of fused-ring (bicyclic) bond motifs is 2. The molecule has 3 heterocycles. The molecule has 1 aliphatic heterocycles. The molecule has 142 valence electrons. The fourth-order valence-corrected chi connectivity index (χ4v) is 5.65. The number of amides is 1. The Labute approximate surface area is 162 Å². The molecule has 4 atom stereocenters. The quantitative estimate of drug-likeness (QED) is 0.795. The van der Waals surface area contributed by atoms with E-state index in [1.165, 1.54) is 0 Å². The van der Waals surface area contributed by atoms with Crippen molar-refractivity contribution in [2.24, 2.45) is 17.8 Å². The molecule has 27 heavy (non-hydrogen) atoms. The third-order valence-corrected chi connectivity index (χ3v) is 7.21. The molecule has 0 aromatic carbocycles. The van der Waals surface area contributed by atoms with Crippen molar-refractivity contribution in [1.82, 2.24) is 15.3 Å². The number of carbonyl (C=O) groups is 1. The molecule has 0 bridgehead atoms. The van der Waals surface area contributed by atoms with Crippen LogP contribution in [0.15, 0.2) is 29.9 Å². The molecule has 7 heteroatoms. The Balaban J connectivity index is 1.28. The Bertz CT molecular complexity index is 874. The second-order valence-corrected chi connectivity index (χ2v) is 8.95. The van der Waals surface area contributed by atoms with Crippen molar-refractivity contribution in [3.8, 4) is 0 Å². The average molecular weight is 385 g/mol. The van der Waals surface area contributed by atoms with E-state index in [9.17, 15) is 9.90 Å². The lowest BCUT2D eigenvalue weighted by atomic mass is 9.77. The molecule has 0 spiro atoms. The highest BCUT2D eigenvalue weighted by molar-refractivity contribution is 7.16. The molecule has 1 saturated heterocycles. The van der Waals surface area contributed by atoms with Gasteiger partial charge in [0, 0.05) is 19.0 Å². The van der Waals surface area contributed by atoms with Crippen LogP contribution < -0.4 is 10.2 Å². The van der Waals surface area contributed by atoms with E-state index in [2.05, 4.69) is 43.8 Å². The van der Waals surface area contributed by atoms with E-state index in [-0.39, 0.29) is 17.9 Å². The zero-order valence-corrected chi connectivity index (χ0v) is 15.9. The molecule has 3 aliphatic rings. The van der Waals surface area contributed by atoms with Crippen LogP contribution in [0.4, 0.5) is 5.82 Å². The summed E-state index contributed by atoms with van der Waals surface area (Å²) in [4.78, 5) is 24.7. The zero-order valence-electron chi connectivity index (χ0n) is 15.1. The molecule has 6 nitrogen and oxygen atoms in total. The van der Waals surface area contributed by atoms with E-state index in [0.29, 0.717) is 11.8 Å². The number of rotatable bonds is 3. The molecule has 1 amide bonds. The summed E-state index contributed by atoms with van der Waals surface area (Å²) < 4.78 is 0. The number of hydrogen-bond donors (Lipinski definition) is 2. The van der Waals surface area contributed by atoms with Crippen molar-refractivity contribution >= 4 is 33.3 Å². The number of thiophene rings is 1. The van der Waals surface area contributed by atoms with Gasteiger partial charge in [-0.25, -0.2) is 9.97 Å². The lowest BCUT2D eigenvalue weighted by Gasteiger charge is -2.36. The van der Waals surface area contributed by atoms with E-state index < -0.39 is 6.10 Å². The number of hydrogen-bond acceptors (Lipinski definition) is 6. The molecule has 2 aromatic rings. The van der Waals surface area contributed by atoms with Crippen molar-refractivity contribution in [3.05, 3.63) is 29.9 Å². The first kappa shape index (κ1) is 17.1. The standard InChI is InChI=1S/C20H24N4O2S/c25-17-8-14-10-24(18-15-5-6-27-20(15)22-11-21-18)9-13(14)7-16(17)23-19(26)12-3-1-2-4-12/h1-2,5-6,11-14,16-17,25H,3-4,7-10H2,(H,23,26)/t13-,14+,16-,17-/m0/s1. The normalized spacial score (nSPS) is 30.8. The second kappa shape index (κ2) is 6.87. The molecule has 2 N–H and O–H groups in total. The maximum atomic E-state index is 12.5. The van der Waals surface area contributed by atoms with E-state index in [1.54, 1.807) is 17.7 Å². The van der Waals surface area contributed by atoms with Gasteiger partial charge in [-0.3, -0.25) is 4.79 Å². The Hall–Kier alpha value is -1.99. The van der Waals surface area contributed by atoms with Crippen LogP contribution in [0.1, 0.15) is 25.7 Å².